The van der Waals surface area contributed by atoms with Crippen LogP contribution in [0.1, 0.15) is 13.3 Å². The van der Waals surface area contributed by atoms with E-state index in [1.807, 2.05) is 13.0 Å². The number of thioether (sulfide) groups is 1. The summed E-state index contributed by atoms with van der Waals surface area (Å²) in [6, 6.07) is 6.78. The van der Waals surface area contributed by atoms with Crippen molar-refractivity contribution in [2.45, 2.75) is 25.0 Å². The van der Waals surface area contributed by atoms with Gasteiger partial charge >= 0.3 is 6.03 Å². The quantitative estimate of drug-likeness (QED) is 0.417. The summed E-state index contributed by atoms with van der Waals surface area (Å²) in [6.07, 6.45) is 0.670. The van der Waals surface area contributed by atoms with Crippen LogP contribution in [0.15, 0.2) is 34.2 Å². The molecule has 0 bridgehead atoms. The molecule has 2 aromatic rings. The van der Waals surface area contributed by atoms with Crippen LogP contribution in [0.3, 0.4) is 0 Å². The average Bonchev–Trinajstić information content (AvgIpc) is 3.11. The molecule has 2 heterocycles. The molecule has 1 aliphatic heterocycles. The van der Waals surface area contributed by atoms with Gasteiger partial charge in [0.2, 0.25) is 5.91 Å². The third-order valence-corrected chi connectivity index (χ3v) is 5.14. The predicted molar refractivity (Wildman–Crippen MR) is 103 cm³/mol. The summed E-state index contributed by atoms with van der Waals surface area (Å²) in [7, 11) is 0. The summed E-state index contributed by atoms with van der Waals surface area (Å²) in [4.78, 5) is 42.6. The summed E-state index contributed by atoms with van der Waals surface area (Å²) >= 11 is 1.18. The Hall–Kier alpha value is -2.39. The predicted octanol–water partition coefficient (Wildman–Crippen LogP) is 1.47. The zero-order valence-electron chi connectivity index (χ0n) is 15.1. The summed E-state index contributed by atoms with van der Waals surface area (Å²) in [5.41, 5.74) is 0.461. The third-order valence-electron chi connectivity index (χ3n) is 4.18. The molecule has 0 aliphatic carbocycles. The molecule has 1 aromatic heterocycles. The lowest BCUT2D eigenvalue weighted by atomic mass is 10.2. The lowest BCUT2D eigenvalue weighted by Crippen LogP contribution is -2.35. The van der Waals surface area contributed by atoms with E-state index in [9.17, 15) is 14.4 Å². The number of para-hydroxylation sites is 1. The van der Waals surface area contributed by atoms with Crippen molar-refractivity contribution in [3.05, 3.63) is 34.6 Å². The van der Waals surface area contributed by atoms with E-state index in [-0.39, 0.29) is 23.3 Å². The maximum Gasteiger partial charge on any atom is 0.324 e. The Morgan fingerprint density at radius 3 is 2.89 bits per heavy atom. The number of aromatic nitrogens is 2. The van der Waals surface area contributed by atoms with Gasteiger partial charge in [0.15, 0.2) is 5.16 Å². The number of benzene rings is 1. The Balaban J connectivity index is 1.82. The first kappa shape index (κ1) is 19.4. The average molecular weight is 390 g/mol. The highest BCUT2D eigenvalue weighted by atomic mass is 32.2. The molecule has 1 aromatic carbocycles. The molecule has 0 radical (unpaired) electrons. The highest BCUT2D eigenvalue weighted by molar-refractivity contribution is 7.99. The van der Waals surface area contributed by atoms with Crippen molar-refractivity contribution in [3.8, 4) is 0 Å². The van der Waals surface area contributed by atoms with Crippen LogP contribution in [0.4, 0.5) is 4.79 Å². The Kier molecular flexibility index (Phi) is 6.46. The summed E-state index contributed by atoms with van der Waals surface area (Å²) < 4.78 is 6.94. The third kappa shape index (κ3) is 4.48. The number of hydrogen-bond acceptors (Lipinski definition) is 6. The molecule has 3 amide bonds. The first-order valence-corrected chi connectivity index (χ1v) is 9.88. The fourth-order valence-corrected chi connectivity index (χ4v) is 3.74. The van der Waals surface area contributed by atoms with Gasteiger partial charge in [-0.15, -0.1) is 0 Å². The topological polar surface area (TPSA) is 93.5 Å². The number of fused-ring (bicyclic) bond motifs is 1. The van der Waals surface area contributed by atoms with Gasteiger partial charge in [-0.1, -0.05) is 23.9 Å². The molecular weight excluding hydrogens is 368 g/mol. The van der Waals surface area contributed by atoms with E-state index < -0.39 is 0 Å². The van der Waals surface area contributed by atoms with Gasteiger partial charge in [-0.25, -0.2) is 9.78 Å². The number of carbonyl (C=O) groups is 2. The molecule has 0 atom stereocenters. The lowest BCUT2D eigenvalue weighted by Gasteiger charge is -2.15. The Morgan fingerprint density at radius 1 is 1.33 bits per heavy atom. The van der Waals surface area contributed by atoms with Gasteiger partial charge in [-0.05, 0) is 25.5 Å². The molecule has 1 N–H and O–H groups in total. The zero-order valence-corrected chi connectivity index (χ0v) is 16.0. The molecule has 144 valence electrons. The molecule has 8 nitrogen and oxygen atoms in total. The number of imide groups is 1. The Morgan fingerprint density at radius 2 is 2.15 bits per heavy atom. The van der Waals surface area contributed by atoms with Gasteiger partial charge in [0.25, 0.3) is 5.56 Å². The van der Waals surface area contributed by atoms with Gasteiger partial charge in [0.1, 0.15) is 0 Å². The fraction of sp³-hybridized carbons (Fsp3) is 0.444. The van der Waals surface area contributed by atoms with Crippen molar-refractivity contribution < 1.29 is 14.3 Å². The van der Waals surface area contributed by atoms with Gasteiger partial charge in [0.05, 0.1) is 16.7 Å². The van der Waals surface area contributed by atoms with Crippen molar-refractivity contribution in [1.29, 1.82) is 0 Å². The molecule has 1 fully saturated rings. The maximum absolute atomic E-state index is 12.9. The molecule has 0 saturated carbocycles. The highest BCUT2D eigenvalue weighted by Crippen LogP contribution is 2.19. The molecule has 3 rings (SSSR count). The van der Waals surface area contributed by atoms with Crippen LogP contribution in [0.5, 0.6) is 0 Å². The minimum atomic E-state index is -0.374. The number of amides is 3. The number of urea groups is 1. The van der Waals surface area contributed by atoms with Gasteiger partial charge in [-0.2, -0.15) is 0 Å². The number of rotatable bonds is 8. The highest BCUT2D eigenvalue weighted by Gasteiger charge is 2.26. The summed E-state index contributed by atoms with van der Waals surface area (Å²) in [5, 5.41) is 3.63. The number of hydrogen-bond donors (Lipinski definition) is 1. The zero-order chi connectivity index (χ0) is 19.2. The first-order valence-electron chi connectivity index (χ1n) is 8.90. The number of carbonyl (C=O) groups excluding carboxylic acids is 2. The molecule has 0 spiro atoms. The molecule has 27 heavy (non-hydrogen) atoms. The number of ether oxygens (including phenoxy) is 1. The van der Waals surface area contributed by atoms with Crippen molar-refractivity contribution in [2.75, 3.05) is 32.1 Å². The van der Waals surface area contributed by atoms with Gasteiger partial charge in [0, 0.05) is 32.8 Å². The monoisotopic (exact) mass is 390 g/mol. The van der Waals surface area contributed by atoms with Crippen molar-refractivity contribution in [3.63, 3.8) is 0 Å². The molecule has 1 aliphatic rings. The number of nitrogens with zero attached hydrogens (tertiary/aromatic N) is 3. The SMILES string of the molecule is CCOCCCn1c(SCC(=O)N2CCNC2=O)nc2ccccc2c1=O. The second kappa shape index (κ2) is 9.01. The minimum Gasteiger partial charge on any atom is -0.382 e. The van der Waals surface area contributed by atoms with E-state index in [1.54, 1.807) is 22.8 Å². The van der Waals surface area contributed by atoms with Gasteiger partial charge < -0.3 is 10.1 Å². The smallest absolute Gasteiger partial charge is 0.324 e. The van der Waals surface area contributed by atoms with E-state index in [1.165, 1.54) is 16.7 Å². The first-order chi connectivity index (χ1) is 13.1. The van der Waals surface area contributed by atoms with Crippen molar-refractivity contribution in [2.24, 2.45) is 0 Å². The van der Waals surface area contributed by atoms with E-state index in [0.717, 1.165) is 0 Å². The summed E-state index contributed by atoms with van der Waals surface area (Å²) in [6.45, 7) is 4.38. The minimum absolute atomic E-state index is 0.0453. The van der Waals surface area contributed by atoms with Crippen LogP contribution in [0.25, 0.3) is 10.9 Å². The summed E-state index contributed by atoms with van der Waals surface area (Å²) in [5.74, 6) is -0.248. The van der Waals surface area contributed by atoms with Crippen LogP contribution in [-0.2, 0) is 16.1 Å². The van der Waals surface area contributed by atoms with Crippen molar-refractivity contribution >= 4 is 34.6 Å². The van der Waals surface area contributed by atoms with Crippen LogP contribution < -0.4 is 10.9 Å². The molecular formula is C18H22N4O4S. The van der Waals surface area contributed by atoms with Crippen LogP contribution in [0, 0.1) is 0 Å². The molecule has 1 saturated heterocycles. The van der Waals surface area contributed by atoms with E-state index in [4.69, 9.17) is 4.74 Å². The van der Waals surface area contributed by atoms with Crippen LogP contribution in [-0.4, -0.2) is 58.4 Å². The van der Waals surface area contributed by atoms with Crippen LogP contribution >= 0.6 is 11.8 Å². The lowest BCUT2D eigenvalue weighted by molar-refractivity contribution is -0.124. The van der Waals surface area contributed by atoms with Gasteiger partial charge in [-0.3, -0.25) is 19.1 Å². The second-order valence-corrected chi connectivity index (χ2v) is 6.93. The van der Waals surface area contributed by atoms with E-state index >= 15 is 0 Å². The second-order valence-electron chi connectivity index (χ2n) is 5.98. The Labute approximate surface area is 160 Å². The Bertz CT molecular complexity index is 899. The fourth-order valence-electron chi connectivity index (χ4n) is 2.84. The largest absolute Gasteiger partial charge is 0.382 e. The van der Waals surface area contributed by atoms with E-state index in [0.29, 0.717) is 55.3 Å². The van der Waals surface area contributed by atoms with E-state index in [2.05, 4.69) is 10.3 Å². The van der Waals surface area contributed by atoms with Crippen molar-refractivity contribution in [1.82, 2.24) is 19.8 Å². The standard InChI is InChI=1S/C18H22N4O4S/c1-2-26-11-5-9-22-16(24)13-6-3-4-7-14(13)20-18(22)27-12-15(23)21-10-8-19-17(21)25/h3-4,6-7H,2,5,8-12H2,1H3,(H,19,25). The molecule has 0 unspecified atom stereocenters. The number of nitrogens with one attached hydrogen (secondary N) is 1. The maximum atomic E-state index is 12.9. The van der Waals surface area contributed by atoms with Crippen LogP contribution in [0.2, 0.25) is 0 Å². The normalized spacial score (nSPS) is 14.0. The molecule has 9 heteroatoms.